The lowest BCUT2D eigenvalue weighted by atomic mass is 10.0. The van der Waals surface area contributed by atoms with Crippen LogP contribution >= 0.6 is 15.9 Å². The van der Waals surface area contributed by atoms with Gasteiger partial charge in [0.05, 0.1) is 0 Å². The minimum Gasteiger partial charge on any atom is -0.449 e. The first kappa shape index (κ1) is 12.1. The van der Waals surface area contributed by atoms with E-state index in [1.165, 1.54) is 0 Å². The van der Waals surface area contributed by atoms with E-state index in [4.69, 9.17) is 4.42 Å². The van der Waals surface area contributed by atoms with Gasteiger partial charge in [0.15, 0.2) is 0 Å². The van der Waals surface area contributed by atoms with Crippen LogP contribution in [0.4, 0.5) is 0 Å². The topological polar surface area (TPSA) is 62.1 Å². The Morgan fingerprint density at radius 1 is 1.45 bits per heavy atom. The number of hydrogen-bond acceptors (Lipinski definition) is 4. The molecule has 0 bridgehead atoms. The minimum absolute atomic E-state index is 0.202. The second-order valence-electron chi connectivity index (χ2n) is 5.29. The number of nitrogens with zero attached hydrogens (tertiary/aromatic N) is 2. The summed E-state index contributed by atoms with van der Waals surface area (Å²) in [4.78, 5) is 21.8. The van der Waals surface area contributed by atoms with Gasteiger partial charge in [-0.15, -0.1) is 0 Å². The molecule has 1 aliphatic heterocycles. The highest BCUT2D eigenvalue weighted by Gasteiger charge is 2.28. The molecule has 3 heterocycles. The van der Waals surface area contributed by atoms with Crippen LogP contribution in [-0.4, -0.2) is 35.0 Å². The molecule has 0 spiro atoms. The van der Waals surface area contributed by atoms with Gasteiger partial charge in [-0.3, -0.25) is 4.79 Å². The largest absolute Gasteiger partial charge is 0.449 e. The number of furan rings is 1. The first-order chi connectivity index (χ1) is 9.61. The van der Waals surface area contributed by atoms with Crippen molar-refractivity contribution in [1.29, 1.82) is 0 Å². The summed E-state index contributed by atoms with van der Waals surface area (Å²) in [5, 5.41) is 0.870. The van der Waals surface area contributed by atoms with Gasteiger partial charge in [0.25, 0.3) is 5.56 Å². The number of rotatable bonds is 1. The van der Waals surface area contributed by atoms with Crippen LogP contribution in [0.5, 0.6) is 0 Å². The van der Waals surface area contributed by atoms with Crippen molar-refractivity contribution in [3.05, 3.63) is 38.9 Å². The van der Waals surface area contributed by atoms with Crippen LogP contribution in [0.15, 0.2) is 31.9 Å². The molecule has 2 aromatic heterocycles. The van der Waals surface area contributed by atoms with Crippen LogP contribution in [-0.2, 0) is 0 Å². The summed E-state index contributed by atoms with van der Waals surface area (Å²) in [5.74, 6) is 1.05. The van der Waals surface area contributed by atoms with Crippen LogP contribution in [0.25, 0.3) is 22.1 Å². The molecule has 0 aliphatic carbocycles. The van der Waals surface area contributed by atoms with Crippen molar-refractivity contribution in [3.8, 4) is 0 Å². The number of aromatic nitrogens is 2. The van der Waals surface area contributed by atoms with Crippen molar-refractivity contribution in [3.63, 3.8) is 0 Å². The average Bonchev–Trinajstić information content (AvgIpc) is 2.74. The van der Waals surface area contributed by atoms with E-state index in [0.29, 0.717) is 22.6 Å². The Morgan fingerprint density at radius 3 is 3.00 bits per heavy atom. The normalized spacial score (nSPS) is 16.9. The Kier molecular flexibility index (Phi) is 2.52. The lowest BCUT2D eigenvalue weighted by Gasteiger charge is -2.35. The molecule has 0 atom stereocenters. The summed E-state index contributed by atoms with van der Waals surface area (Å²) in [6.45, 7) is 1.85. The molecule has 102 valence electrons. The van der Waals surface area contributed by atoms with E-state index in [1.807, 2.05) is 18.2 Å². The van der Waals surface area contributed by atoms with Crippen LogP contribution in [0.3, 0.4) is 0 Å². The molecule has 20 heavy (non-hydrogen) atoms. The Labute approximate surface area is 122 Å². The molecule has 5 nitrogen and oxygen atoms in total. The molecule has 1 fully saturated rings. The van der Waals surface area contributed by atoms with Gasteiger partial charge in [-0.25, -0.2) is 4.98 Å². The predicted molar refractivity (Wildman–Crippen MR) is 80.1 cm³/mol. The number of H-pyrrole nitrogens is 1. The van der Waals surface area contributed by atoms with Crippen LogP contribution in [0.2, 0.25) is 0 Å². The lowest BCUT2D eigenvalue weighted by molar-refractivity contribution is 0.183. The van der Waals surface area contributed by atoms with E-state index in [1.54, 1.807) is 0 Å². The third-order valence-electron chi connectivity index (χ3n) is 3.75. The molecule has 1 saturated heterocycles. The Balaban J connectivity index is 1.99. The minimum atomic E-state index is -0.202. The van der Waals surface area contributed by atoms with Crippen molar-refractivity contribution < 1.29 is 4.42 Å². The highest BCUT2D eigenvalue weighted by atomic mass is 79.9. The van der Waals surface area contributed by atoms with Crippen molar-refractivity contribution >= 4 is 38.0 Å². The number of hydrogen-bond donors (Lipinski definition) is 1. The van der Waals surface area contributed by atoms with Gasteiger partial charge in [-0.1, -0.05) is 15.9 Å². The molecule has 1 aliphatic rings. The summed E-state index contributed by atoms with van der Waals surface area (Å²) in [6.07, 6.45) is 0. The molecule has 6 heteroatoms. The van der Waals surface area contributed by atoms with E-state index >= 15 is 0 Å². The number of likely N-dealkylation sites (N-methyl/N-ethyl adjacent to an activating group) is 1. The first-order valence-corrected chi connectivity index (χ1v) is 7.21. The van der Waals surface area contributed by atoms with Crippen molar-refractivity contribution in [1.82, 2.24) is 14.9 Å². The molecule has 1 N–H and O–H groups in total. The highest BCUT2D eigenvalue weighted by molar-refractivity contribution is 9.10. The zero-order valence-electron chi connectivity index (χ0n) is 10.8. The summed E-state index contributed by atoms with van der Waals surface area (Å²) in [7, 11) is 2.05. The van der Waals surface area contributed by atoms with Gasteiger partial charge >= 0.3 is 0 Å². The lowest BCUT2D eigenvalue weighted by Crippen LogP contribution is -2.43. The summed E-state index contributed by atoms with van der Waals surface area (Å²) >= 11 is 3.44. The van der Waals surface area contributed by atoms with Crippen molar-refractivity contribution in [2.75, 3.05) is 20.1 Å². The molecule has 4 rings (SSSR count). The molecular formula is C14H12BrN3O2. The van der Waals surface area contributed by atoms with E-state index in [2.05, 4.69) is 37.8 Å². The number of likely N-dealkylation sites (tertiary alicyclic amines) is 1. The fourth-order valence-electron chi connectivity index (χ4n) is 2.71. The fourth-order valence-corrected chi connectivity index (χ4v) is 3.07. The molecule has 3 aromatic rings. The summed E-state index contributed by atoms with van der Waals surface area (Å²) in [5.41, 5.74) is 1.43. The Bertz CT molecular complexity index is 877. The number of benzene rings is 1. The maximum absolute atomic E-state index is 12.2. The van der Waals surface area contributed by atoms with Gasteiger partial charge in [-0.2, -0.15) is 0 Å². The monoisotopic (exact) mass is 333 g/mol. The van der Waals surface area contributed by atoms with Crippen LogP contribution in [0, 0.1) is 0 Å². The third-order valence-corrected chi connectivity index (χ3v) is 4.25. The van der Waals surface area contributed by atoms with E-state index < -0.39 is 0 Å². The first-order valence-electron chi connectivity index (χ1n) is 6.42. The van der Waals surface area contributed by atoms with Crippen LogP contribution in [0.1, 0.15) is 11.7 Å². The zero-order valence-corrected chi connectivity index (χ0v) is 12.4. The highest BCUT2D eigenvalue weighted by Crippen LogP contribution is 2.29. The van der Waals surface area contributed by atoms with Gasteiger partial charge in [0.2, 0.25) is 5.58 Å². The summed E-state index contributed by atoms with van der Waals surface area (Å²) in [6, 6.07) is 5.67. The fraction of sp³-hybridized carbons (Fsp3) is 0.286. The third kappa shape index (κ3) is 1.72. The molecule has 0 amide bonds. The van der Waals surface area contributed by atoms with Gasteiger partial charge in [0.1, 0.15) is 16.9 Å². The quantitative estimate of drug-likeness (QED) is 0.743. The smallest absolute Gasteiger partial charge is 0.294 e. The maximum Gasteiger partial charge on any atom is 0.294 e. The van der Waals surface area contributed by atoms with Gasteiger partial charge < -0.3 is 14.3 Å². The van der Waals surface area contributed by atoms with Gasteiger partial charge in [-0.05, 0) is 25.2 Å². The van der Waals surface area contributed by atoms with E-state index in [0.717, 1.165) is 28.8 Å². The molecule has 1 aromatic carbocycles. The molecule has 0 saturated carbocycles. The molecule has 0 radical (unpaired) electrons. The number of nitrogens with one attached hydrogen (secondary N) is 1. The average molecular weight is 334 g/mol. The Hall–Kier alpha value is -1.66. The molecular weight excluding hydrogens is 322 g/mol. The van der Waals surface area contributed by atoms with E-state index in [-0.39, 0.29) is 5.56 Å². The molecule has 0 unspecified atom stereocenters. The van der Waals surface area contributed by atoms with E-state index in [9.17, 15) is 4.79 Å². The second-order valence-corrected chi connectivity index (χ2v) is 6.21. The predicted octanol–water partition coefficient (Wildman–Crippen LogP) is 2.46. The zero-order chi connectivity index (χ0) is 13.9. The number of aromatic amines is 1. The second kappa shape index (κ2) is 4.17. The Morgan fingerprint density at radius 2 is 2.25 bits per heavy atom. The maximum atomic E-state index is 12.2. The SMILES string of the molecule is CN1CC(c2nc3c(oc4ccc(Br)cc43)c(=O)[nH]2)C1. The van der Waals surface area contributed by atoms with Crippen LogP contribution < -0.4 is 5.56 Å². The summed E-state index contributed by atoms with van der Waals surface area (Å²) < 4.78 is 6.55. The van der Waals surface area contributed by atoms with Crippen molar-refractivity contribution in [2.24, 2.45) is 0 Å². The number of halogens is 1. The van der Waals surface area contributed by atoms with Gasteiger partial charge in [0, 0.05) is 28.9 Å². The number of fused-ring (bicyclic) bond motifs is 3. The van der Waals surface area contributed by atoms with Crippen molar-refractivity contribution in [2.45, 2.75) is 5.92 Å². The standard InChI is InChI=1S/C14H12BrN3O2/c1-18-5-7(6-18)13-16-11-9-4-8(15)2-3-10(9)20-12(11)14(19)17-13/h2-4,7H,5-6H2,1H3,(H,16,17,19).